The van der Waals surface area contributed by atoms with Crippen LogP contribution in [0.3, 0.4) is 0 Å². The molecule has 0 saturated heterocycles. The fourth-order valence-electron chi connectivity index (χ4n) is 1.95. The van der Waals surface area contributed by atoms with Gasteiger partial charge in [0, 0.05) is 19.4 Å². The van der Waals surface area contributed by atoms with E-state index in [4.69, 9.17) is 0 Å². The second-order valence-electron chi connectivity index (χ2n) is 5.58. The Morgan fingerprint density at radius 2 is 1.79 bits per heavy atom. The summed E-state index contributed by atoms with van der Waals surface area (Å²) in [6.45, 7) is 8.39. The first-order valence-electron chi connectivity index (χ1n) is 7.32. The van der Waals surface area contributed by atoms with Gasteiger partial charge in [-0.25, -0.2) is 0 Å². The molecule has 1 rings (SSSR count). The van der Waals surface area contributed by atoms with E-state index in [1.165, 1.54) is 11.1 Å². The number of rotatable bonds is 8. The van der Waals surface area contributed by atoms with Gasteiger partial charge in [-0.2, -0.15) is 0 Å². The quantitative estimate of drug-likeness (QED) is 0.712. The monoisotopic (exact) mass is 261 g/mol. The zero-order valence-corrected chi connectivity index (χ0v) is 12.8. The van der Waals surface area contributed by atoms with Crippen molar-refractivity contribution >= 4 is 5.78 Å². The topological polar surface area (TPSA) is 20.3 Å². The smallest absolute Gasteiger partial charge is 0.134 e. The molecule has 0 bridgehead atoms. The molecule has 0 saturated carbocycles. The molecule has 0 atom stereocenters. The summed E-state index contributed by atoms with van der Waals surface area (Å²) in [5.74, 6) is 0.938. The molecule has 0 heterocycles. The normalized spacial score (nSPS) is 11.3. The molecule has 0 aromatic heterocycles. The first kappa shape index (κ1) is 15.9. The Kier molecular flexibility index (Phi) is 6.79. The fraction of sp³-hybridized carbons (Fsp3) is 0.588. The molecule has 2 heteroatoms. The van der Waals surface area contributed by atoms with Crippen LogP contribution in [-0.2, 0) is 11.2 Å². The van der Waals surface area contributed by atoms with Gasteiger partial charge in [0.2, 0.25) is 0 Å². The van der Waals surface area contributed by atoms with Crippen LogP contribution in [0.5, 0.6) is 0 Å². The zero-order chi connectivity index (χ0) is 14.3. The fourth-order valence-corrected chi connectivity index (χ4v) is 1.95. The van der Waals surface area contributed by atoms with Gasteiger partial charge >= 0.3 is 0 Å². The zero-order valence-electron chi connectivity index (χ0n) is 12.8. The van der Waals surface area contributed by atoms with Crippen LogP contribution in [0.2, 0.25) is 0 Å². The van der Waals surface area contributed by atoms with Gasteiger partial charge in [0.05, 0.1) is 0 Å². The largest absolute Gasteiger partial charge is 0.306 e. The molecule has 0 aliphatic rings. The predicted octanol–water partition coefficient (Wildman–Crippen LogP) is 3.65. The van der Waals surface area contributed by atoms with Crippen molar-refractivity contribution in [3.05, 3.63) is 35.4 Å². The lowest BCUT2D eigenvalue weighted by Gasteiger charge is -2.12. The van der Waals surface area contributed by atoms with Gasteiger partial charge in [-0.05, 0) is 37.1 Å². The molecule has 0 radical (unpaired) electrons. The second kappa shape index (κ2) is 8.11. The maximum atomic E-state index is 11.8. The van der Waals surface area contributed by atoms with E-state index < -0.39 is 0 Å². The van der Waals surface area contributed by atoms with Gasteiger partial charge in [0.15, 0.2) is 0 Å². The van der Waals surface area contributed by atoms with Crippen molar-refractivity contribution in [1.82, 2.24) is 4.90 Å². The van der Waals surface area contributed by atoms with Crippen LogP contribution in [0.4, 0.5) is 0 Å². The Balaban J connectivity index is 2.33. The van der Waals surface area contributed by atoms with Crippen molar-refractivity contribution in [2.24, 2.45) is 0 Å². The second-order valence-corrected chi connectivity index (χ2v) is 5.58. The van der Waals surface area contributed by atoms with Gasteiger partial charge < -0.3 is 4.90 Å². The number of hydrogen-bond acceptors (Lipinski definition) is 2. The third kappa shape index (κ3) is 6.02. The Hall–Kier alpha value is -1.15. The predicted molar refractivity (Wildman–Crippen MR) is 81.6 cm³/mol. The highest BCUT2D eigenvalue weighted by molar-refractivity contribution is 5.78. The summed E-state index contributed by atoms with van der Waals surface area (Å²) in [5.41, 5.74) is 2.63. The van der Waals surface area contributed by atoms with Gasteiger partial charge in [-0.15, -0.1) is 0 Å². The Labute approximate surface area is 117 Å². The molecule has 0 N–H and O–H groups in total. The molecule has 19 heavy (non-hydrogen) atoms. The van der Waals surface area contributed by atoms with Crippen LogP contribution >= 0.6 is 0 Å². The van der Waals surface area contributed by atoms with Crippen molar-refractivity contribution in [3.8, 4) is 0 Å². The highest BCUT2D eigenvalue weighted by Gasteiger charge is 2.05. The summed E-state index contributed by atoms with van der Waals surface area (Å²) < 4.78 is 0. The summed E-state index contributed by atoms with van der Waals surface area (Å²) in [6, 6.07) is 8.66. The molecule has 0 spiro atoms. The van der Waals surface area contributed by atoms with Gasteiger partial charge in [0.25, 0.3) is 0 Å². The summed E-state index contributed by atoms with van der Waals surface area (Å²) in [4.78, 5) is 14.0. The Morgan fingerprint density at radius 1 is 1.16 bits per heavy atom. The molecule has 2 nitrogen and oxygen atoms in total. The number of carbonyl (C=O) groups excluding carboxylic acids is 1. The van der Waals surface area contributed by atoms with Gasteiger partial charge in [-0.1, -0.05) is 45.0 Å². The van der Waals surface area contributed by atoms with Crippen molar-refractivity contribution < 1.29 is 4.79 Å². The number of ketones is 1. The molecule has 0 fully saturated rings. The van der Waals surface area contributed by atoms with Gasteiger partial charge in [-0.3, -0.25) is 4.79 Å². The van der Waals surface area contributed by atoms with Crippen molar-refractivity contribution in [1.29, 1.82) is 0 Å². The lowest BCUT2D eigenvalue weighted by molar-refractivity contribution is -0.119. The van der Waals surface area contributed by atoms with E-state index in [-0.39, 0.29) is 0 Å². The minimum atomic E-state index is 0.369. The van der Waals surface area contributed by atoms with Crippen LogP contribution in [-0.4, -0.2) is 30.8 Å². The number of carbonyl (C=O) groups is 1. The number of hydrogen-bond donors (Lipinski definition) is 0. The first-order chi connectivity index (χ1) is 9.02. The summed E-state index contributed by atoms with van der Waals surface area (Å²) in [7, 11) is 2.05. The molecule has 106 valence electrons. The third-order valence-corrected chi connectivity index (χ3v) is 3.65. The van der Waals surface area contributed by atoms with E-state index in [0.717, 1.165) is 19.5 Å². The minimum Gasteiger partial charge on any atom is -0.306 e. The third-order valence-electron chi connectivity index (χ3n) is 3.65. The lowest BCUT2D eigenvalue weighted by Crippen LogP contribution is -2.21. The van der Waals surface area contributed by atoms with E-state index in [1.807, 2.05) is 0 Å². The van der Waals surface area contributed by atoms with Crippen molar-refractivity contribution in [3.63, 3.8) is 0 Å². The maximum Gasteiger partial charge on any atom is 0.134 e. The molecule has 0 amide bonds. The van der Waals surface area contributed by atoms with E-state index in [0.29, 0.717) is 24.5 Å². The van der Waals surface area contributed by atoms with Crippen LogP contribution in [0, 0.1) is 0 Å². The highest BCUT2D eigenvalue weighted by Crippen LogP contribution is 2.15. The summed E-state index contributed by atoms with van der Waals surface area (Å²) >= 11 is 0. The number of nitrogens with zero attached hydrogens (tertiary/aromatic N) is 1. The molecule has 1 aromatic carbocycles. The number of aryl methyl sites for hydroxylation is 1. The molecule has 0 aliphatic heterocycles. The van der Waals surface area contributed by atoms with E-state index in [2.05, 4.69) is 57.0 Å². The Morgan fingerprint density at radius 3 is 2.32 bits per heavy atom. The van der Waals surface area contributed by atoms with E-state index in [1.54, 1.807) is 0 Å². The van der Waals surface area contributed by atoms with Crippen LogP contribution in [0.15, 0.2) is 24.3 Å². The maximum absolute atomic E-state index is 11.8. The van der Waals surface area contributed by atoms with Crippen molar-refractivity contribution in [2.45, 2.75) is 46.0 Å². The van der Waals surface area contributed by atoms with Crippen LogP contribution < -0.4 is 0 Å². The minimum absolute atomic E-state index is 0.369. The molecule has 1 aromatic rings. The van der Waals surface area contributed by atoms with Crippen LogP contribution in [0.25, 0.3) is 0 Å². The first-order valence-corrected chi connectivity index (χ1v) is 7.32. The standard InChI is InChI=1S/C17H27NO/c1-5-18(4)13-12-17(19)11-8-15-6-9-16(10-7-15)14(2)3/h6-7,9-10,14H,5,8,11-13H2,1-4H3. The SMILES string of the molecule is CCN(C)CCC(=O)CCc1ccc(C(C)C)cc1. The average molecular weight is 261 g/mol. The Bertz CT molecular complexity index is 381. The molecule has 0 unspecified atom stereocenters. The van der Waals surface area contributed by atoms with Crippen molar-refractivity contribution in [2.75, 3.05) is 20.1 Å². The summed E-state index contributed by atoms with van der Waals surface area (Å²) in [6.07, 6.45) is 2.21. The number of benzene rings is 1. The highest BCUT2D eigenvalue weighted by atomic mass is 16.1. The summed E-state index contributed by atoms with van der Waals surface area (Å²) in [5, 5.41) is 0. The van der Waals surface area contributed by atoms with Crippen LogP contribution in [0.1, 0.15) is 50.7 Å². The van der Waals surface area contributed by atoms with Gasteiger partial charge in [0.1, 0.15) is 5.78 Å². The van der Waals surface area contributed by atoms with E-state index >= 15 is 0 Å². The van der Waals surface area contributed by atoms with E-state index in [9.17, 15) is 4.79 Å². The molecule has 0 aliphatic carbocycles. The average Bonchev–Trinajstić information content (AvgIpc) is 2.42. The molecular weight excluding hydrogens is 234 g/mol. The lowest BCUT2D eigenvalue weighted by atomic mass is 9.99. The molecular formula is C17H27NO. The number of Topliss-reactive ketones (excluding diaryl/α,β-unsaturated/α-hetero) is 1.